The average molecular weight is 224 g/mol. The highest BCUT2D eigenvalue weighted by atomic mass is 16.5. The number of nitriles is 1. The normalized spacial score (nSPS) is 9.71. The van der Waals surface area contributed by atoms with Crippen LogP contribution in [-0.4, -0.2) is 12.1 Å². The maximum absolute atomic E-state index is 8.73. The van der Waals surface area contributed by atoms with Gasteiger partial charge in [0.15, 0.2) is 0 Å². The third-order valence-electron chi connectivity index (χ3n) is 2.57. The molecular weight excluding hydrogens is 212 g/mol. The second-order valence-electron chi connectivity index (χ2n) is 3.74. The van der Waals surface area contributed by atoms with E-state index in [9.17, 15) is 0 Å². The number of nitrogens with zero attached hydrogens (tertiary/aromatic N) is 2. The molecule has 17 heavy (non-hydrogen) atoms. The maximum Gasteiger partial charge on any atom is 0.215 e. The number of aryl methyl sites for hydroxylation is 1. The molecule has 3 heteroatoms. The molecule has 0 atom stereocenters. The lowest BCUT2D eigenvalue weighted by Gasteiger charge is -2.06. The van der Waals surface area contributed by atoms with Gasteiger partial charge in [0, 0.05) is 17.3 Å². The van der Waals surface area contributed by atoms with Gasteiger partial charge >= 0.3 is 0 Å². The molecule has 0 amide bonds. The second-order valence-corrected chi connectivity index (χ2v) is 3.74. The van der Waals surface area contributed by atoms with Crippen LogP contribution in [0.15, 0.2) is 36.5 Å². The Morgan fingerprint density at radius 1 is 1.18 bits per heavy atom. The van der Waals surface area contributed by atoms with Gasteiger partial charge in [-0.25, -0.2) is 4.98 Å². The first kappa shape index (κ1) is 11.2. The molecule has 2 rings (SSSR count). The Morgan fingerprint density at radius 2 is 1.88 bits per heavy atom. The Morgan fingerprint density at radius 3 is 2.41 bits per heavy atom. The summed E-state index contributed by atoms with van der Waals surface area (Å²) in [5.41, 5.74) is 3.72. The average Bonchev–Trinajstić information content (AvgIpc) is 2.39. The van der Waals surface area contributed by atoms with Crippen LogP contribution in [-0.2, 0) is 0 Å². The summed E-state index contributed by atoms with van der Waals surface area (Å²) in [6.45, 7) is 1.96. The summed E-state index contributed by atoms with van der Waals surface area (Å²) in [5.74, 6) is 0.641. The van der Waals surface area contributed by atoms with Crippen LogP contribution in [0, 0.1) is 18.3 Å². The molecule has 0 aliphatic heterocycles. The predicted octanol–water partition coefficient (Wildman–Crippen LogP) is 2.94. The maximum atomic E-state index is 8.73. The van der Waals surface area contributed by atoms with Crippen LogP contribution in [0.3, 0.4) is 0 Å². The minimum Gasteiger partial charge on any atom is -0.481 e. The fourth-order valence-corrected chi connectivity index (χ4v) is 1.67. The number of benzene rings is 1. The van der Waals surface area contributed by atoms with Crippen molar-refractivity contribution in [2.45, 2.75) is 6.92 Å². The van der Waals surface area contributed by atoms with Crippen LogP contribution in [0.4, 0.5) is 0 Å². The van der Waals surface area contributed by atoms with Crippen LogP contribution in [0.1, 0.15) is 11.1 Å². The van der Waals surface area contributed by atoms with Crippen LogP contribution in [0.5, 0.6) is 5.88 Å². The van der Waals surface area contributed by atoms with Gasteiger partial charge in [0.25, 0.3) is 0 Å². The van der Waals surface area contributed by atoms with E-state index < -0.39 is 0 Å². The highest BCUT2D eigenvalue weighted by molar-refractivity contribution is 5.64. The van der Waals surface area contributed by atoms with Gasteiger partial charge in [-0.05, 0) is 30.7 Å². The lowest BCUT2D eigenvalue weighted by Crippen LogP contribution is -1.91. The zero-order valence-corrected chi connectivity index (χ0v) is 9.77. The molecule has 0 saturated carbocycles. The Labute approximate surface area is 100 Å². The molecule has 3 nitrogen and oxygen atoms in total. The Bertz CT molecular complexity index is 568. The molecule has 0 spiro atoms. The summed E-state index contributed by atoms with van der Waals surface area (Å²) in [6.07, 6.45) is 1.77. The van der Waals surface area contributed by atoms with Gasteiger partial charge in [-0.15, -0.1) is 0 Å². The van der Waals surface area contributed by atoms with Gasteiger partial charge in [0.05, 0.1) is 18.7 Å². The molecule has 84 valence electrons. The summed E-state index contributed by atoms with van der Waals surface area (Å²) in [4.78, 5) is 4.23. The third-order valence-corrected chi connectivity index (χ3v) is 2.57. The van der Waals surface area contributed by atoms with E-state index in [1.807, 2.05) is 25.1 Å². The topological polar surface area (TPSA) is 45.9 Å². The van der Waals surface area contributed by atoms with Crippen molar-refractivity contribution in [2.75, 3.05) is 7.11 Å². The lowest BCUT2D eigenvalue weighted by molar-refractivity contribution is 0.394. The van der Waals surface area contributed by atoms with Gasteiger partial charge in [0.1, 0.15) is 0 Å². The van der Waals surface area contributed by atoms with Crippen LogP contribution < -0.4 is 4.74 Å². The fourth-order valence-electron chi connectivity index (χ4n) is 1.67. The molecular formula is C14H12N2O. The lowest BCUT2D eigenvalue weighted by atomic mass is 10.0. The van der Waals surface area contributed by atoms with Gasteiger partial charge in [-0.1, -0.05) is 12.1 Å². The highest BCUT2D eigenvalue weighted by Gasteiger charge is 2.03. The van der Waals surface area contributed by atoms with Gasteiger partial charge in [-0.3, -0.25) is 0 Å². The number of rotatable bonds is 2. The van der Waals surface area contributed by atoms with E-state index in [4.69, 9.17) is 10.00 Å². The largest absolute Gasteiger partial charge is 0.481 e. The number of aromatic nitrogens is 1. The van der Waals surface area contributed by atoms with Crippen molar-refractivity contribution in [2.24, 2.45) is 0 Å². The summed E-state index contributed by atoms with van der Waals surface area (Å²) in [7, 11) is 1.61. The van der Waals surface area contributed by atoms with Gasteiger partial charge < -0.3 is 4.74 Å². The Hall–Kier alpha value is -2.34. The van der Waals surface area contributed by atoms with Gasteiger partial charge in [0.2, 0.25) is 5.88 Å². The molecule has 1 aromatic heterocycles. The molecule has 0 bridgehead atoms. The molecule has 2 aromatic rings. The van der Waals surface area contributed by atoms with E-state index in [1.165, 1.54) is 0 Å². The van der Waals surface area contributed by atoms with Crippen LogP contribution in [0.2, 0.25) is 0 Å². The summed E-state index contributed by atoms with van der Waals surface area (Å²) in [5, 5.41) is 8.73. The van der Waals surface area contributed by atoms with Crippen molar-refractivity contribution < 1.29 is 4.74 Å². The SMILES string of the molecule is COc1ncc(-c2ccc(C#N)cc2)cc1C. The van der Waals surface area contributed by atoms with Crippen molar-refractivity contribution in [3.8, 4) is 23.1 Å². The molecule has 0 aliphatic rings. The van der Waals surface area contributed by atoms with Gasteiger partial charge in [-0.2, -0.15) is 5.26 Å². The highest BCUT2D eigenvalue weighted by Crippen LogP contribution is 2.23. The Kier molecular flexibility index (Phi) is 3.06. The van der Waals surface area contributed by atoms with Crippen molar-refractivity contribution in [1.29, 1.82) is 5.26 Å². The number of methoxy groups -OCH3 is 1. The standard InChI is InChI=1S/C14H12N2O/c1-10-7-13(9-16-14(10)17-2)12-5-3-11(8-15)4-6-12/h3-7,9H,1-2H3. The fraction of sp³-hybridized carbons (Fsp3) is 0.143. The van der Waals surface area contributed by atoms with E-state index in [2.05, 4.69) is 11.1 Å². The summed E-state index contributed by atoms with van der Waals surface area (Å²) < 4.78 is 5.12. The first-order valence-corrected chi connectivity index (χ1v) is 5.26. The predicted molar refractivity (Wildman–Crippen MR) is 65.7 cm³/mol. The zero-order chi connectivity index (χ0) is 12.3. The third kappa shape index (κ3) is 2.26. The molecule has 0 fully saturated rings. The van der Waals surface area contributed by atoms with Crippen molar-refractivity contribution in [3.63, 3.8) is 0 Å². The van der Waals surface area contributed by atoms with E-state index >= 15 is 0 Å². The molecule has 1 heterocycles. The van der Waals surface area contributed by atoms with E-state index in [-0.39, 0.29) is 0 Å². The molecule has 0 radical (unpaired) electrons. The molecule has 0 unspecified atom stereocenters. The first-order valence-electron chi connectivity index (χ1n) is 5.26. The second kappa shape index (κ2) is 4.67. The molecule has 0 saturated heterocycles. The quantitative estimate of drug-likeness (QED) is 0.787. The van der Waals surface area contributed by atoms with Crippen molar-refractivity contribution in [3.05, 3.63) is 47.7 Å². The summed E-state index contributed by atoms with van der Waals surface area (Å²) >= 11 is 0. The van der Waals surface area contributed by atoms with Crippen molar-refractivity contribution >= 4 is 0 Å². The van der Waals surface area contributed by atoms with Crippen LogP contribution in [0.25, 0.3) is 11.1 Å². The smallest absolute Gasteiger partial charge is 0.215 e. The number of pyridine rings is 1. The number of hydrogen-bond acceptors (Lipinski definition) is 3. The zero-order valence-electron chi connectivity index (χ0n) is 9.77. The molecule has 0 N–H and O–H groups in total. The minimum absolute atomic E-state index is 0.641. The first-order chi connectivity index (χ1) is 8.24. The van der Waals surface area contributed by atoms with E-state index in [0.717, 1.165) is 16.7 Å². The molecule has 0 aliphatic carbocycles. The summed E-state index contributed by atoms with van der Waals surface area (Å²) in [6, 6.07) is 11.6. The minimum atomic E-state index is 0.641. The monoisotopic (exact) mass is 224 g/mol. The van der Waals surface area contributed by atoms with E-state index in [1.54, 1.807) is 25.4 Å². The van der Waals surface area contributed by atoms with E-state index in [0.29, 0.717) is 11.4 Å². The number of ether oxygens (including phenoxy) is 1. The molecule has 1 aromatic carbocycles. The van der Waals surface area contributed by atoms with Crippen molar-refractivity contribution in [1.82, 2.24) is 4.98 Å². The number of hydrogen-bond donors (Lipinski definition) is 0. The Balaban J connectivity index is 2.40. The van der Waals surface area contributed by atoms with Crippen LogP contribution >= 0.6 is 0 Å².